The molecule has 0 aromatic rings. The highest BCUT2D eigenvalue weighted by Crippen LogP contribution is 2.35. The molecule has 0 spiro atoms. The number of nitrogens with one attached hydrogen (secondary N) is 1. The fourth-order valence-electron chi connectivity index (χ4n) is 3.79. The molecular weight excluding hydrogens is 232 g/mol. The molecule has 1 N–H and O–H groups in total. The summed E-state index contributed by atoms with van der Waals surface area (Å²) in [7, 11) is 0. The Morgan fingerprint density at radius 1 is 1.11 bits per heavy atom. The topological polar surface area (TPSA) is 15.3 Å². The van der Waals surface area contributed by atoms with Gasteiger partial charge in [0.15, 0.2) is 0 Å². The van der Waals surface area contributed by atoms with Gasteiger partial charge in [0.05, 0.1) is 0 Å². The van der Waals surface area contributed by atoms with Crippen molar-refractivity contribution in [3.8, 4) is 0 Å². The SMILES string of the molecule is CCC1CNC(C2CC2)CN1CC(C(C)C)C(C)C. The van der Waals surface area contributed by atoms with Gasteiger partial charge >= 0.3 is 0 Å². The van der Waals surface area contributed by atoms with Gasteiger partial charge in [-0.1, -0.05) is 34.6 Å². The Kier molecular flexibility index (Phi) is 5.30. The third kappa shape index (κ3) is 3.95. The predicted molar refractivity (Wildman–Crippen MR) is 83.3 cm³/mol. The molecule has 0 aromatic carbocycles. The highest BCUT2D eigenvalue weighted by atomic mass is 15.2. The van der Waals surface area contributed by atoms with Gasteiger partial charge in [-0.15, -0.1) is 0 Å². The summed E-state index contributed by atoms with van der Waals surface area (Å²) in [6.45, 7) is 15.7. The minimum atomic E-state index is 0.759. The average Bonchev–Trinajstić information content (AvgIpc) is 3.19. The zero-order chi connectivity index (χ0) is 14.0. The average molecular weight is 266 g/mol. The molecule has 1 aliphatic heterocycles. The van der Waals surface area contributed by atoms with Crippen LogP contribution in [0.15, 0.2) is 0 Å². The van der Waals surface area contributed by atoms with Gasteiger partial charge in [0, 0.05) is 31.7 Å². The zero-order valence-corrected chi connectivity index (χ0v) is 13.7. The normalized spacial score (nSPS) is 29.7. The zero-order valence-electron chi connectivity index (χ0n) is 13.7. The second-order valence-corrected chi connectivity index (χ2v) is 7.52. The lowest BCUT2D eigenvalue weighted by Crippen LogP contribution is -2.58. The summed E-state index contributed by atoms with van der Waals surface area (Å²) >= 11 is 0. The molecule has 2 rings (SSSR count). The van der Waals surface area contributed by atoms with Gasteiger partial charge in [0.25, 0.3) is 0 Å². The molecule has 1 heterocycles. The molecule has 2 nitrogen and oxygen atoms in total. The molecule has 1 saturated heterocycles. The van der Waals surface area contributed by atoms with Crippen molar-refractivity contribution in [1.29, 1.82) is 0 Å². The molecule has 2 atom stereocenters. The lowest BCUT2D eigenvalue weighted by Gasteiger charge is -2.43. The quantitative estimate of drug-likeness (QED) is 0.793. The maximum absolute atomic E-state index is 3.80. The summed E-state index contributed by atoms with van der Waals surface area (Å²) in [5, 5.41) is 3.80. The largest absolute Gasteiger partial charge is 0.311 e. The summed E-state index contributed by atoms with van der Waals surface area (Å²) in [4.78, 5) is 2.81. The van der Waals surface area contributed by atoms with Crippen molar-refractivity contribution in [1.82, 2.24) is 10.2 Å². The Hall–Kier alpha value is -0.0800. The van der Waals surface area contributed by atoms with Gasteiger partial charge < -0.3 is 5.32 Å². The van der Waals surface area contributed by atoms with Crippen LogP contribution in [0.2, 0.25) is 0 Å². The standard InChI is InChI=1S/C17H34N2/c1-6-15-9-18-17(14-7-8-14)11-19(15)10-16(12(2)3)13(4)5/h12-18H,6-11H2,1-5H3. The van der Waals surface area contributed by atoms with Gasteiger partial charge in [0.1, 0.15) is 0 Å². The van der Waals surface area contributed by atoms with Crippen molar-refractivity contribution in [3.05, 3.63) is 0 Å². The fraction of sp³-hybridized carbons (Fsp3) is 1.00. The molecule has 0 bridgehead atoms. The summed E-state index contributed by atoms with van der Waals surface area (Å²) < 4.78 is 0. The van der Waals surface area contributed by atoms with Crippen LogP contribution in [0.3, 0.4) is 0 Å². The second kappa shape index (κ2) is 6.58. The maximum Gasteiger partial charge on any atom is 0.0224 e. The smallest absolute Gasteiger partial charge is 0.0224 e. The Morgan fingerprint density at radius 3 is 2.21 bits per heavy atom. The number of hydrogen-bond acceptors (Lipinski definition) is 2. The van der Waals surface area contributed by atoms with Crippen molar-refractivity contribution in [2.75, 3.05) is 19.6 Å². The van der Waals surface area contributed by atoms with E-state index < -0.39 is 0 Å². The van der Waals surface area contributed by atoms with E-state index in [9.17, 15) is 0 Å². The first kappa shape index (κ1) is 15.3. The van der Waals surface area contributed by atoms with E-state index in [-0.39, 0.29) is 0 Å². The minimum absolute atomic E-state index is 0.759. The first-order valence-corrected chi connectivity index (χ1v) is 8.50. The van der Waals surface area contributed by atoms with Crippen LogP contribution in [0.4, 0.5) is 0 Å². The summed E-state index contributed by atoms with van der Waals surface area (Å²) in [6, 6.07) is 1.54. The van der Waals surface area contributed by atoms with Crippen LogP contribution in [0, 0.1) is 23.7 Å². The fourth-order valence-corrected chi connectivity index (χ4v) is 3.79. The Bertz CT molecular complexity index is 262. The molecule has 0 aromatic heterocycles. The molecule has 1 saturated carbocycles. The molecule has 2 heteroatoms. The number of hydrogen-bond donors (Lipinski definition) is 1. The van der Waals surface area contributed by atoms with Gasteiger partial charge in [0.2, 0.25) is 0 Å². The van der Waals surface area contributed by atoms with Crippen LogP contribution in [0.1, 0.15) is 53.9 Å². The van der Waals surface area contributed by atoms with Crippen LogP contribution >= 0.6 is 0 Å². The first-order valence-electron chi connectivity index (χ1n) is 8.50. The van der Waals surface area contributed by atoms with Gasteiger partial charge in [-0.05, 0) is 42.9 Å². The number of piperazine rings is 1. The monoisotopic (exact) mass is 266 g/mol. The van der Waals surface area contributed by atoms with Crippen LogP contribution in [-0.4, -0.2) is 36.6 Å². The van der Waals surface area contributed by atoms with Gasteiger partial charge in [-0.25, -0.2) is 0 Å². The Balaban J connectivity index is 1.96. The highest BCUT2D eigenvalue weighted by Gasteiger charge is 2.37. The molecule has 112 valence electrons. The molecule has 0 radical (unpaired) electrons. The highest BCUT2D eigenvalue weighted by molar-refractivity contribution is 4.94. The van der Waals surface area contributed by atoms with E-state index in [1.807, 2.05) is 0 Å². The van der Waals surface area contributed by atoms with E-state index in [1.54, 1.807) is 0 Å². The lowest BCUT2D eigenvalue weighted by atomic mass is 9.84. The molecule has 2 aliphatic rings. The van der Waals surface area contributed by atoms with E-state index in [0.717, 1.165) is 35.8 Å². The Labute approximate surface area is 120 Å². The van der Waals surface area contributed by atoms with E-state index in [0.29, 0.717) is 0 Å². The molecule has 19 heavy (non-hydrogen) atoms. The van der Waals surface area contributed by atoms with Crippen LogP contribution in [0.5, 0.6) is 0 Å². The molecule has 2 unspecified atom stereocenters. The molecule has 2 fully saturated rings. The Morgan fingerprint density at radius 2 is 1.74 bits per heavy atom. The third-order valence-electron chi connectivity index (χ3n) is 5.38. The molecular formula is C17H34N2. The molecule has 1 aliphatic carbocycles. The van der Waals surface area contributed by atoms with Gasteiger partial charge in [-0.3, -0.25) is 4.90 Å². The van der Waals surface area contributed by atoms with Crippen molar-refractivity contribution in [2.45, 2.75) is 66.0 Å². The van der Waals surface area contributed by atoms with Crippen LogP contribution in [-0.2, 0) is 0 Å². The van der Waals surface area contributed by atoms with E-state index in [2.05, 4.69) is 44.8 Å². The van der Waals surface area contributed by atoms with Gasteiger partial charge in [-0.2, -0.15) is 0 Å². The van der Waals surface area contributed by atoms with E-state index in [4.69, 9.17) is 0 Å². The van der Waals surface area contributed by atoms with Crippen molar-refractivity contribution in [3.63, 3.8) is 0 Å². The maximum atomic E-state index is 3.80. The number of nitrogens with zero attached hydrogens (tertiary/aromatic N) is 1. The summed E-state index contributed by atoms with van der Waals surface area (Å²) in [5.74, 6) is 3.42. The number of rotatable bonds is 6. The predicted octanol–water partition coefficient (Wildman–Crippen LogP) is 3.38. The lowest BCUT2D eigenvalue weighted by molar-refractivity contribution is 0.0766. The van der Waals surface area contributed by atoms with Crippen LogP contribution < -0.4 is 5.32 Å². The van der Waals surface area contributed by atoms with Crippen molar-refractivity contribution in [2.24, 2.45) is 23.7 Å². The summed E-state index contributed by atoms with van der Waals surface area (Å²) in [5.41, 5.74) is 0. The third-order valence-corrected chi connectivity index (χ3v) is 5.38. The molecule has 0 amide bonds. The summed E-state index contributed by atoms with van der Waals surface area (Å²) in [6.07, 6.45) is 4.20. The van der Waals surface area contributed by atoms with Crippen molar-refractivity contribution < 1.29 is 0 Å². The minimum Gasteiger partial charge on any atom is -0.311 e. The van der Waals surface area contributed by atoms with E-state index in [1.165, 1.54) is 38.9 Å². The van der Waals surface area contributed by atoms with Crippen LogP contribution in [0.25, 0.3) is 0 Å². The first-order chi connectivity index (χ1) is 9.02. The van der Waals surface area contributed by atoms with E-state index >= 15 is 0 Å². The second-order valence-electron chi connectivity index (χ2n) is 7.52. The van der Waals surface area contributed by atoms with Crippen molar-refractivity contribution >= 4 is 0 Å².